The number of H-pyrrole nitrogens is 1. The molecular weight excluding hydrogens is 258 g/mol. The minimum Gasteiger partial charge on any atom is -0.477 e. The molecule has 0 aliphatic carbocycles. The second kappa shape index (κ2) is 5.62. The number of primary amides is 2. The van der Waals surface area contributed by atoms with Gasteiger partial charge in [0.25, 0.3) is 5.91 Å². The Labute approximate surface area is 106 Å². The third-order valence-corrected chi connectivity index (χ3v) is 2.04. The van der Waals surface area contributed by atoms with Crippen molar-refractivity contribution in [2.24, 2.45) is 11.5 Å². The van der Waals surface area contributed by atoms with Gasteiger partial charge >= 0.3 is 5.97 Å². The fourth-order valence-electron chi connectivity index (χ4n) is 1.34. The molecule has 0 bridgehead atoms. The lowest BCUT2D eigenvalue weighted by molar-refractivity contribution is -0.121. The van der Waals surface area contributed by atoms with Gasteiger partial charge in [-0.3, -0.25) is 14.4 Å². The topological polar surface area (TPSA) is 172 Å². The molecule has 102 valence electrons. The van der Waals surface area contributed by atoms with Crippen molar-refractivity contribution in [3.8, 4) is 0 Å². The summed E-state index contributed by atoms with van der Waals surface area (Å²) in [5.41, 5.74) is 8.97. The highest BCUT2D eigenvalue weighted by Crippen LogP contribution is 2.07. The molecule has 1 rings (SSSR count). The molecule has 0 saturated carbocycles. The fourth-order valence-corrected chi connectivity index (χ4v) is 1.34. The summed E-state index contributed by atoms with van der Waals surface area (Å²) in [4.78, 5) is 50.9. The van der Waals surface area contributed by atoms with E-state index in [1.807, 2.05) is 0 Å². The first kappa shape index (κ1) is 14.2. The Hall–Kier alpha value is -2.91. The normalized spacial score (nSPS) is 9.89. The van der Waals surface area contributed by atoms with E-state index in [1.54, 1.807) is 0 Å². The molecule has 0 spiro atoms. The summed E-state index contributed by atoms with van der Waals surface area (Å²) in [6, 6.07) is 0. The maximum absolute atomic E-state index is 12.0. The van der Waals surface area contributed by atoms with E-state index in [-0.39, 0.29) is 0 Å². The largest absolute Gasteiger partial charge is 0.477 e. The van der Waals surface area contributed by atoms with Gasteiger partial charge in [-0.15, -0.1) is 0 Å². The van der Waals surface area contributed by atoms with E-state index >= 15 is 0 Å². The van der Waals surface area contributed by atoms with Crippen LogP contribution in [0.15, 0.2) is 6.33 Å². The lowest BCUT2D eigenvalue weighted by Crippen LogP contribution is -2.43. The fraction of sp³-hybridized carbons (Fsp3) is 0.222. The second-order valence-corrected chi connectivity index (χ2v) is 3.53. The highest BCUT2D eigenvalue weighted by Gasteiger charge is 2.26. The number of aromatic carboxylic acids is 1. The summed E-state index contributed by atoms with van der Waals surface area (Å²) in [6.45, 7) is -1.15. The monoisotopic (exact) mass is 269 g/mol. The molecule has 0 saturated heterocycles. The molecule has 3 amide bonds. The number of nitrogens with one attached hydrogen (secondary N) is 1. The zero-order valence-corrected chi connectivity index (χ0v) is 9.62. The molecule has 10 nitrogen and oxygen atoms in total. The van der Waals surface area contributed by atoms with Crippen molar-refractivity contribution in [1.82, 2.24) is 14.9 Å². The Bertz CT molecular complexity index is 521. The van der Waals surface area contributed by atoms with E-state index in [4.69, 9.17) is 16.6 Å². The Balaban J connectivity index is 3.04. The van der Waals surface area contributed by atoms with Gasteiger partial charge in [0.2, 0.25) is 11.8 Å². The Morgan fingerprint density at radius 1 is 1.21 bits per heavy atom. The first-order valence-electron chi connectivity index (χ1n) is 4.95. The number of nitrogens with two attached hydrogens (primary N) is 2. The summed E-state index contributed by atoms with van der Waals surface area (Å²) in [6.07, 6.45) is 1.00. The predicted molar refractivity (Wildman–Crippen MR) is 59.8 cm³/mol. The van der Waals surface area contributed by atoms with E-state index in [0.717, 1.165) is 6.33 Å². The quantitative estimate of drug-likeness (QED) is 0.445. The smallest absolute Gasteiger partial charge is 0.354 e. The number of imidazole rings is 1. The van der Waals surface area contributed by atoms with Crippen molar-refractivity contribution in [2.45, 2.75) is 0 Å². The van der Waals surface area contributed by atoms with Gasteiger partial charge in [0.1, 0.15) is 13.1 Å². The van der Waals surface area contributed by atoms with Gasteiger partial charge in [-0.2, -0.15) is 0 Å². The van der Waals surface area contributed by atoms with Crippen LogP contribution in [0.1, 0.15) is 21.0 Å². The van der Waals surface area contributed by atoms with Gasteiger partial charge in [0, 0.05) is 0 Å². The predicted octanol–water partition coefficient (Wildman–Crippen LogP) is -2.48. The van der Waals surface area contributed by atoms with Crippen LogP contribution in [-0.4, -0.2) is 56.8 Å². The molecule has 0 atom stereocenters. The number of nitrogens with zero attached hydrogens (tertiary/aromatic N) is 2. The minimum absolute atomic E-state index is 0.435. The van der Waals surface area contributed by atoms with Gasteiger partial charge in [-0.05, 0) is 0 Å². The zero-order valence-electron chi connectivity index (χ0n) is 9.62. The average Bonchev–Trinajstić information content (AvgIpc) is 2.74. The minimum atomic E-state index is -1.40. The Morgan fingerprint density at radius 2 is 1.74 bits per heavy atom. The lowest BCUT2D eigenvalue weighted by Gasteiger charge is -2.18. The van der Waals surface area contributed by atoms with Gasteiger partial charge in [0.15, 0.2) is 11.4 Å². The van der Waals surface area contributed by atoms with E-state index in [1.165, 1.54) is 0 Å². The molecule has 6 N–H and O–H groups in total. The summed E-state index contributed by atoms with van der Waals surface area (Å²) in [5.74, 6) is -4.08. The van der Waals surface area contributed by atoms with Crippen LogP contribution < -0.4 is 11.5 Å². The number of carboxylic acid groups (broad SMARTS) is 1. The SMILES string of the molecule is NC(=O)CN(CC(N)=O)C(=O)c1nc[nH]c1C(=O)O. The zero-order chi connectivity index (χ0) is 14.6. The molecule has 0 radical (unpaired) electrons. The van der Waals surface area contributed by atoms with Crippen LogP contribution in [0.3, 0.4) is 0 Å². The van der Waals surface area contributed by atoms with E-state index in [9.17, 15) is 19.2 Å². The number of aromatic nitrogens is 2. The molecule has 0 aromatic carbocycles. The molecule has 0 unspecified atom stereocenters. The number of carbonyl (C=O) groups excluding carboxylic acids is 3. The molecule has 19 heavy (non-hydrogen) atoms. The van der Waals surface area contributed by atoms with Crippen molar-refractivity contribution in [3.63, 3.8) is 0 Å². The van der Waals surface area contributed by atoms with Gasteiger partial charge in [-0.25, -0.2) is 9.78 Å². The van der Waals surface area contributed by atoms with Crippen molar-refractivity contribution in [2.75, 3.05) is 13.1 Å². The summed E-state index contributed by atoms with van der Waals surface area (Å²) in [7, 11) is 0. The van der Waals surface area contributed by atoms with Crippen LogP contribution in [0, 0.1) is 0 Å². The highest BCUT2D eigenvalue weighted by atomic mass is 16.4. The van der Waals surface area contributed by atoms with Crippen LogP contribution in [0.25, 0.3) is 0 Å². The van der Waals surface area contributed by atoms with Crippen LogP contribution >= 0.6 is 0 Å². The number of hydrogen-bond acceptors (Lipinski definition) is 5. The summed E-state index contributed by atoms with van der Waals surface area (Å²) in [5, 5.41) is 8.82. The van der Waals surface area contributed by atoms with Crippen LogP contribution in [-0.2, 0) is 9.59 Å². The van der Waals surface area contributed by atoms with Crippen molar-refractivity contribution < 1.29 is 24.3 Å². The number of carbonyl (C=O) groups is 4. The molecule has 0 fully saturated rings. The number of rotatable bonds is 6. The first-order chi connectivity index (χ1) is 8.82. The summed E-state index contributed by atoms with van der Waals surface area (Å²) >= 11 is 0. The van der Waals surface area contributed by atoms with Crippen molar-refractivity contribution in [3.05, 3.63) is 17.7 Å². The standard InChI is InChI=1S/C9H11N5O5/c10-4(15)1-14(2-5(11)16)8(17)6-7(9(18)19)13-3-12-6/h3H,1-2H2,(H2,10,15)(H2,11,16)(H,12,13)(H,18,19). The third kappa shape index (κ3) is 3.52. The van der Waals surface area contributed by atoms with Crippen LogP contribution in [0.4, 0.5) is 0 Å². The highest BCUT2D eigenvalue weighted by molar-refractivity contribution is 6.04. The van der Waals surface area contributed by atoms with E-state index < -0.39 is 48.2 Å². The van der Waals surface area contributed by atoms with Crippen LogP contribution in [0.5, 0.6) is 0 Å². The number of carboxylic acids is 1. The van der Waals surface area contributed by atoms with Gasteiger partial charge < -0.3 is 26.5 Å². The van der Waals surface area contributed by atoms with E-state index in [2.05, 4.69) is 9.97 Å². The molecule has 1 aromatic rings. The molecule has 0 aliphatic heterocycles. The number of amides is 3. The number of aromatic amines is 1. The maximum atomic E-state index is 12.0. The maximum Gasteiger partial charge on any atom is 0.354 e. The van der Waals surface area contributed by atoms with Crippen molar-refractivity contribution in [1.29, 1.82) is 0 Å². The number of hydrogen-bond donors (Lipinski definition) is 4. The summed E-state index contributed by atoms with van der Waals surface area (Å²) < 4.78 is 0. The van der Waals surface area contributed by atoms with Crippen LogP contribution in [0.2, 0.25) is 0 Å². The molecule has 1 heterocycles. The molecule has 1 aromatic heterocycles. The lowest BCUT2D eigenvalue weighted by atomic mass is 10.2. The van der Waals surface area contributed by atoms with Gasteiger partial charge in [0.05, 0.1) is 6.33 Å². The molecule has 0 aliphatic rings. The molecular formula is C9H11N5O5. The van der Waals surface area contributed by atoms with Crippen molar-refractivity contribution >= 4 is 23.7 Å². The third-order valence-electron chi connectivity index (χ3n) is 2.04. The Morgan fingerprint density at radius 3 is 2.16 bits per heavy atom. The van der Waals surface area contributed by atoms with Gasteiger partial charge in [-0.1, -0.05) is 0 Å². The first-order valence-corrected chi connectivity index (χ1v) is 4.95. The average molecular weight is 269 g/mol. The molecule has 10 heteroatoms. The Kier molecular flexibility index (Phi) is 4.19. The van der Waals surface area contributed by atoms with E-state index in [0.29, 0.717) is 4.90 Å². The second-order valence-electron chi connectivity index (χ2n) is 3.53.